The van der Waals surface area contributed by atoms with E-state index in [2.05, 4.69) is 29.6 Å². The number of nitro groups is 1. The Hall–Kier alpha value is -6.07. The number of methoxy groups -OCH3 is 1. The Labute approximate surface area is 353 Å². The number of nitro benzene ring substituents is 1. The number of carbonyl (C=O) groups excluding carboxylic acids is 3. The second-order valence-corrected chi connectivity index (χ2v) is 14.2. The summed E-state index contributed by atoms with van der Waals surface area (Å²) < 4.78 is 49.8. The monoisotopic (exact) mass is 842 g/mol. The number of nitrogens with one attached hydrogen (secondary N) is 1. The van der Waals surface area contributed by atoms with Gasteiger partial charge in [0.05, 0.1) is 45.1 Å². The van der Waals surface area contributed by atoms with Crippen LogP contribution in [0.3, 0.4) is 0 Å². The van der Waals surface area contributed by atoms with Crippen LogP contribution < -0.4 is 14.8 Å². The third kappa shape index (κ3) is 13.2. The molecule has 2 aliphatic rings. The zero-order valence-corrected chi connectivity index (χ0v) is 34.0. The normalized spacial score (nSPS) is 15.6. The van der Waals surface area contributed by atoms with Crippen molar-refractivity contribution in [2.75, 3.05) is 59.9 Å². The highest BCUT2D eigenvalue weighted by Gasteiger charge is 2.31. The lowest BCUT2D eigenvalue weighted by molar-refractivity contribution is -0.384. The first-order valence-electron chi connectivity index (χ1n) is 20.2. The van der Waals surface area contributed by atoms with Crippen LogP contribution in [-0.4, -0.2) is 95.4 Å². The molecule has 6 rings (SSSR count). The maximum Gasteiger partial charge on any atom is 0.514 e. The lowest BCUT2D eigenvalue weighted by atomic mass is 9.98. The lowest BCUT2D eigenvalue weighted by Gasteiger charge is -2.29. The lowest BCUT2D eigenvalue weighted by Crippen LogP contribution is -2.37. The highest BCUT2D eigenvalue weighted by Crippen LogP contribution is 2.44. The molecule has 4 aromatic carbocycles. The van der Waals surface area contributed by atoms with Gasteiger partial charge in [-0.05, 0) is 77.8 Å². The molecule has 2 atom stereocenters. The standard InChI is InChI=1S/C45H50N2O14/c1-53-43(48)41-13-6-14-42(61-41)60-40-20-15-31(28-32(40)29-58-45(50)59-34-18-16-33(17-19-34)47(51)52)8-7-22-54-24-26-56-27-25-55-23-21-46-44(49)57-30-39-37-11-4-2-9-35(37)36-10-3-5-12-38(36)39/h2-5,9-12,15-20,28,39,41-42H,6-8,13-14,21-27,29-30H2,1H3,(H,46,49)/t41-,42?/m0/s1. The van der Waals surface area contributed by atoms with Gasteiger partial charge in [-0.15, -0.1) is 0 Å². The molecule has 1 fully saturated rings. The average molecular weight is 843 g/mol. The molecule has 0 saturated carbocycles. The fourth-order valence-corrected chi connectivity index (χ4v) is 7.03. The topological polar surface area (TPSA) is 189 Å². The highest BCUT2D eigenvalue weighted by atomic mass is 16.7. The van der Waals surface area contributed by atoms with E-state index in [0.717, 1.165) is 16.7 Å². The molecular formula is C45H50N2O14. The van der Waals surface area contributed by atoms with Crippen LogP contribution in [0.2, 0.25) is 0 Å². The summed E-state index contributed by atoms with van der Waals surface area (Å²) in [5, 5.41) is 13.7. The third-order valence-electron chi connectivity index (χ3n) is 10.0. The van der Waals surface area contributed by atoms with Gasteiger partial charge in [0.25, 0.3) is 5.69 Å². The first-order valence-corrected chi connectivity index (χ1v) is 20.2. The van der Waals surface area contributed by atoms with Gasteiger partial charge < -0.3 is 47.9 Å². The molecule has 0 radical (unpaired) electrons. The van der Waals surface area contributed by atoms with Crippen LogP contribution in [0.5, 0.6) is 11.5 Å². The molecule has 0 spiro atoms. The van der Waals surface area contributed by atoms with Crippen LogP contribution >= 0.6 is 0 Å². The zero-order chi connectivity index (χ0) is 42.8. The summed E-state index contributed by atoms with van der Waals surface area (Å²) in [6.45, 7) is 2.71. The molecule has 1 N–H and O–H groups in total. The number of fused-ring (bicyclic) bond motifs is 3. The number of hydrogen-bond acceptors (Lipinski definition) is 14. The van der Waals surface area contributed by atoms with E-state index in [1.165, 1.54) is 42.5 Å². The Balaban J connectivity index is 0.845. The van der Waals surface area contributed by atoms with Gasteiger partial charge >= 0.3 is 18.2 Å². The number of carbonyl (C=O) groups is 3. The van der Waals surface area contributed by atoms with E-state index < -0.39 is 35.5 Å². The number of aryl methyl sites for hydroxylation is 1. The molecule has 1 heterocycles. The van der Waals surface area contributed by atoms with Gasteiger partial charge in [-0.2, -0.15) is 0 Å². The van der Waals surface area contributed by atoms with Gasteiger partial charge in [0, 0.05) is 43.2 Å². The number of alkyl carbamates (subject to hydrolysis) is 1. The van der Waals surface area contributed by atoms with Crippen LogP contribution in [0.4, 0.5) is 15.3 Å². The minimum absolute atomic E-state index is 0.00285. The number of ether oxygens (including phenoxy) is 9. The second kappa shape index (κ2) is 23.1. The van der Waals surface area contributed by atoms with Crippen molar-refractivity contribution in [3.63, 3.8) is 0 Å². The van der Waals surface area contributed by atoms with Crippen molar-refractivity contribution < 1.29 is 61.9 Å². The molecule has 16 nitrogen and oxygen atoms in total. The van der Waals surface area contributed by atoms with Gasteiger partial charge in [-0.1, -0.05) is 54.6 Å². The summed E-state index contributed by atoms with van der Waals surface area (Å²) in [6.07, 6.45) is 0.182. The summed E-state index contributed by atoms with van der Waals surface area (Å²) in [5.74, 6) is 0.0235. The molecule has 324 valence electrons. The maximum atomic E-state index is 12.5. The molecule has 16 heteroatoms. The molecule has 1 unspecified atom stereocenters. The number of non-ortho nitro benzene ring substituents is 1. The Kier molecular flexibility index (Phi) is 16.8. The minimum Gasteiger partial charge on any atom is -0.467 e. The van der Waals surface area contributed by atoms with Crippen molar-refractivity contribution in [2.24, 2.45) is 0 Å². The van der Waals surface area contributed by atoms with Gasteiger partial charge in [-0.25, -0.2) is 14.4 Å². The molecule has 1 aliphatic heterocycles. The van der Waals surface area contributed by atoms with E-state index in [-0.39, 0.29) is 30.6 Å². The fraction of sp³-hybridized carbons (Fsp3) is 0.400. The molecule has 1 aliphatic carbocycles. The van der Waals surface area contributed by atoms with Crippen molar-refractivity contribution >= 4 is 23.9 Å². The van der Waals surface area contributed by atoms with E-state index in [0.29, 0.717) is 89.6 Å². The highest BCUT2D eigenvalue weighted by molar-refractivity contribution is 5.79. The Bertz CT molecular complexity index is 2030. The molecule has 0 bridgehead atoms. The summed E-state index contributed by atoms with van der Waals surface area (Å²) in [6, 6.07) is 26.9. The quantitative estimate of drug-likeness (QED) is 0.0207. The summed E-state index contributed by atoms with van der Waals surface area (Å²) in [4.78, 5) is 47.3. The van der Waals surface area contributed by atoms with E-state index in [1.807, 2.05) is 36.4 Å². The van der Waals surface area contributed by atoms with Crippen LogP contribution in [-0.2, 0) is 51.0 Å². The van der Waals surface area contributed by atoms with Crippen LogP contribution in [0, 0.1) is 10.1 Å². The molecule has 1 amide bonds. The van der Waals surface area contributed by atoms with Gasteiger partial charge in [0.1, 0.15) is 24.7 Å². The Morgan fingerprint density at radius 2 is 1.48 bits per heavy atom. The van der Waals surface area contributed by atoms with E-state index in [1.54, 1.807) is 6.07 Å². The fourth-order valence-electron chi connectivity index (χ4n) is 7.03. The number of rotatable bonds is 22. The summed E-state index contributed by atoms with van der Waals surface area (Å²) in [7, 11) is 1.30. The molecular weight excluding hydrogens is 792 g/mol. The number of nitrogens with zero attached hydrogens (tertiary/aromatic N) is 1. The maximum absolute atomic E-state index is 12.5. The number of amides is 1. The number of benzene rings is 4. The van der Waals surface area contributed by atoms with E-state index in [9.17, 15) is 24.5 Å². The smallest absolute Gasteiger partial charge is 0.467 e. The first-order chi connectivity index (χ1) is 29.8. The minimum atomic E-state index is -1.00. The van der Waals surface area contributed by atoms with Crippen LogP contribution in [0.15, 0.2) is 91.0 Å². The predicted octanol–water partition coefficient (Wildman–Crippen LogP) is 7.28. The van der Waals surface area contributed by atoms with Crippen molar-refractivity contribution in [1.29, 1.82) is 0 Å². The largest absolute Gasteiger partial charge is 0.514 e. The molecule has 1 saturated heterocycles. The van der Waals surface area contributed by atoms with Crippen LogP contribution in [0.1, 0.15) is 53.9 Å². The van der Waals surface area contributed by atoms with Crippen LogP contribution in [0.25, 0.3) is 11.1 Å². The van der Waals surface area contributed by atoms with Gasteiger partial charge in [0.2, 0.25) is 6.29 Å². The van der Waals surface area contributed by atoms with E-state index >= 15 is 0 Å². The van der Waals surface area contributed by atoms with Crippen molar-refractivity contribution in [3.05, 3.63) is 123 Å². The van der Waals surface area contributed by atoms with Gasteiger partial charge in [0.15, 0.2) is 6.10 Å². The zero-order valence-electron chi connectivity index (χ0n) is 34.0. The average Bonchev–Trinajstić information content (AvgIpc) is 3.60. The summed E-state index contributed by atoms with van der Waals surface area (Å²) in [5.41, 5.74) is 6.02. The second-order valence-electron chi connectivity index (χ2n) is 14.2. The van der Waals surface area contributed by atoms with E-state index in [4.69, 9.17) is 42.6 Å². The molecule has 4 aromatic rings. The number of esters is 1. The number of hydrogen-bond donors (Lipinski definition) is 1. The molecule has 61 heavy (non-hydrogen) atoms. The molecule has 0 aromatic heterocycles. The van der Waals surface area contributed by atoms with Crippen molar-refractivity contribution in [1.82, 2.24) is 5.32 Å². The SMILES string of the molecule is COC(=O)[C@@H]1CCCC(Oc2ccc(CCCOCCOCCOCCNC(=O)OCC3c4ccccc4-c4ccccc43)cc2COC(=O)Oc2ccc([N+](=O)[O-])cc2)O1. The van der Waals surface area contributed by atoms with Gasteiger partial charge in [-0.3, -0.25) is 10.1 Å². The van der Waals surface area contributed by atoms with Crippen molar-refractivity contribution in [2.45, 2.75) is 57.0 Å². The summed E-state index contributed by atoms with van der Waals surface area (Å²) >= 11 is 0. The Morgan fingerprint density at radius 1 is 0.803 bits per heavy atom. The Morgan fingerprint density at radius 3 is 2.16 bits per heavy atom. The van der Waals surface area contributed by atoms with Crippen molar-refractivity contribution in [3.8, 4) is 22.6 Å². The third-order valence-corrected chi connectivity index (χ3v) is 10.0. The first kappa shape index (κ1) is 44.5. The predicted molar refractivity (Wildman–Crippen MR) is 219 cm³/mol.